The maximum absolute atomic E-state index is 11.9. The molecular formula is C30H50O7. The molecule has 1 heterocycles. The van der Waals surface area contributed by atoms with Crippen LogP contribution in [0, 0.1) is 17.8 Å². The van der Waals surface area contributed by atoms with E-state index in [-0.39, 0.29) is 42.3 Å². The lowest BCUT2D eigenvalue weighted by molar-refractivity contribution is -0.193. The minimum atomic E-state index is -0.513. The lowest BCUT2D eigenvalue weighted by Gasteiger charge is -2.29. The molecule has 1 unspecified atom stereocenters. The molecule has 37 heavy (non-hydrogen) atoms. The third-order valence-corrected chi connectivity index (χ3v) is 7.45. The summed E-state index contributed by atoms with van der Waals surface area (Å²) < 4.78 is 22.8. The number of allylic oxidation sites excluding steroid dienone is 2. The summed E-state index contributed by atoms with van der Waals surface area (Å²) in [5.74, 6) is 0.00447. The van der Waals surface area contributed by atoms with Gasteiger partial charge in [0.15, 0.2) is 6.29 Å². The molecule has 0 bridgehead atoms. The number of methoxy groups -OCH3 is 1. The van der Waals surface area contributed by atoms with E-state index in [2.05, 4.69) is 32.1 Å². The number of aliphatic hydroxyl groups excluding tert-OH is 1. The van der Waals surface area contributed by atoms with Gasteiger partial charge in [-0.1, -0.05) is 57.4 Å². The van der Waals surface area contributed by atoms with Gasteiger partial charge >= 0.3 is 11.9 Å². The molecule has 0 aromatic rings. The summed E-state index contributed by atoms with van der Waals surface area (Å²) in [5.41, 5.74) is 0. The van der Waals surface area contributed by atoms with Gasteiger partial charge in [-0.05, 0) is 50.9 Å². The number of aliphatic hydroxyl groups is 1. The molecule has 212 valence electrons. The van der Waals surface area contributed by atoms with Crippen molar-refractivity contribution in [2.75, 3.05) is 13.7 Å². The van der Waals surface area contributed by atoms with Gasteiger partial charge in [0.1, 0.15) is 6.10 Å². The fourth-order valence-electron chi connectivity index (χ4n) is 5.42. The van der Waals surface area contributed by atoms with Crippen molar-refractivity contribution in [1.29, 1.82) is 0 Å². The van der Waals surface area contributed by atoms with E-state index in [4.69, 9.17) is 18.9 Å². The highest BCUT2D eigenvalue weighted by molar-refractivity contribution is 5.69. The van der Waals surface area contributed by atoms with Crippen LogP contribution in [-0.4, -0.2) is 55.4 Å². The van der Waals surface area contributed by atoms with Crippen molar-refractivity contribution in [2.45, 2.75) is 122 Å². The molecule has 0 aromatic heterocycles. The first-order valence-corrected chi connectivity index (χ1v) is 14.4. The number of hydrogen-bond donors (Lipinski definition) is 1. The first kappa shape index (κ1) is 31.5. The molecule has 1 aliphatic carbocycles. The number of esters is 2. The fraction of sp³-hybridized carbons (Fsp3) is 0.800. The van der Waals surface area contributed by atoms with Crippen molar-refractivity contribution in [3.63, 3.8) is 0 Å². The van der Waals surface area contributed by atoms with Crippen LogP contribution in [0.25, 0.3) is 0 Å². The molecule has 7 nitrogen and oxygen atoms in total. The largest absolute Gasteiger partial charge is 0.469 e. The molecule has 1 saturated carbocycles. The lowest BCUT2D eigenvalue weighted by atomic mass is 9.88. The Morgan fingerprint density at radius 2 is 1.97 bits per heavy atom. The number of carbonyl (C=O) groups excluding carboxylic acids is 2. The van der Waals surface area contributed by atoms with E-state index in [1.54, 1.807) is 0 Å². The second-order valence-corrected chi connectivity index (χ2v) is 10.7. The van der Waals surface area contributed by atoms with E-state index in [0.717, 1.165) is 57.8 Å². The van der Waals surface area contributed by atoms with Gasteiger partial charge in [-0.25, -0.2) is 0 Å². The highest BCUT2D eigenvalue weighted by Gasteiger charge is 2.45. The lowest BCUT2D eigenvalue weighted by Crippen LogP contribution is -2.30. The molecule has 0 amide bonds. The van der Waals surface area contributed by atoms with Crippen LogP contribution in [0.3, 0.4) is 0 Å². The smallest absolute Gasteiger partial charge is 0.305 e. The van der Waals surface area contributed by atoms with Crippen molar-refractivity contribution >= 4 is 11.9 Å². The van der Waals surface area contributed by atoms with Crippen LogP contribution in [-0.2, 0) is 28.5 Å². The normalized spacial score (nSPS) is 28.0. The quantitative estimate of drug-likeness (QED) is 0.154. The maximum atomic E-state index is 11.9. The summed E-state index contributed by atoms with van der Waals surface area (Å²) in [6.45, 7) is 6.54. The van der Waals surface area contributed by atoms with Gasteiger partial charge in [0.2, 0.25) is 0 Å². The molecule has 0 aromatic carbocycles. The second kappa shape index (κ2) is 17.7. The Labute approximate surface area is 224 Å². The summed E-state index contributed by atoms with van der Waals surface area (Å²) in [7, 11) is 1.40. The van der Waals surface area contributed by atoms with E-state index in [0.29, 0.717) is 25.4 Å². The predicted octanol–water partition coefficient (Wildman–Crippen LogP) is 5.89. The summed E-state index contributed by atoms with van der Waals surface area (Å²) in [6, 6.07) is 0. The molecule has 2 fully saturated rings. The van der Waals surface area contributed by atoms with Gasteiger partial charge in [-0.2, -0.15) is 0 Å². The van der Waals surface area contributed by atoms with E-state index >= 15 is 0 Å². The minimum absolute atomic E-state index is 0.00445. The van der Waals surface area contributed by atoms with Crippen molar-refractivity contribution in [1.82, 2.24) is 0 Å². The molecule has 0 spiro atoms. The fourth-order valence-corrected chi connectivity index (χ4v) is 5.42. The second-order valence-electron chi connectivity index (χ2n) is 10.7. The highest BCUT2D eigenvalue weighted by atomic mass is 16.7. The average molecular weight is 523 g/mol. The summed E-state index contributed by atoms with van der Waals surface area (Å²) in [4.78, 5) is 23.3. The number of ether oxygens (including phenoxy) is 4. The molecule has 0 radical (unpaired) electrons. The summed E-state index contributed by atoms with van der Waals surface area (Å²) in [5, 5.41) is 10.7. The molecule has 1 aliphatic heterocycles. The third-order valence-electron chi connectivity index (χ3n) is 7.45. The average Bonchev–Trinajstić information content (AvgIpc) is 3.18. The Morgan fingerprint density at radius 3 is 2.65 bits per heavy atom. The van der Waals surface area contributed by atoms with Crippen LogP contribution in [0.4, 0.5) is 0 Å². The summed E-state index contributed by atoms with van der Waals surface area (Å²) >= 11 is 0. The maximum Gasteiger partial charge on any atom is 0.305 e. The van der Waals surface area contributed by atoms with Gasteiger partial charge in [0, 0.05) is 38.2 Å². The number of rotatable bonds is 16. The van der Waals surface area contributed by atoms with Crippen LogP contribution >= 0.6 is 0 Å². The van der Waals surface area contributed by atoms with Crippen LogP contribution in [0.1, 0.15) is 97.8 Å². The third kappa shape index (κ3) is 12.1. The standard InChI is InChI=1S/C30H50O7/c1-5-6-13-22(2)20-24(32)17-18-26-25(14-9-7-8-10-15-29(33)34-4)27(36-23(3)31)21-28(26)37-30-16-11-12-19-35-30/h7,9,17-18,22,24-28,30,32H,5-6,8,10-16,19-21H2,1-4H3/b9-7-,18-17+/t22-,24+,25+,26+,27-,28+,30?/m0/s1. The topological polar surface area (TPSA) is 91.3 Å². The molecule has 2 aliphatic rings. The number of hydrogen-bond acceptors (Lipinski definition) is 7. The van der Waals surface area contributed by atoms with E-state index in [1.165, 1.54) is 20.5 Å². The van der Waals surface area contributed by atoms with E-state index in [1.807, 2.05) is 6.08 Å². The Balaban J connectivity index is 2.11. The van der Waals surface area contributed by atoms with Gasteiger partial charge in [-0.3, -0.25) is 9.59 Å². The van der Waals surface area contributed by atoms with E-state index in [9.17, 15) is 14.7 Å². The minimum Gasteiger partial charge on any atom is -0.469 e. The Morgan fingerprint density at radius 1 is 1.16 bits per heavy atom. The molecule has 1 saturated heterocycles. The molecule has 7 atom stereocenters. The van der Waals surface area contributed by atoms with Crippen molar-refractivity contribution in [2.24, 2.45) is 17.8 Å². The van der Waals surface area contributed by atoms with Crippen molar-refractivity contribution < 1.29 is 33.6 Å². The van der Waals surface area contributed by atoms with Gasteiger partial charge in [0.05, 0.1) is 19.3 Å². The van der Waals surface area contributed by atoms with Gasteiger partial charge in [0.25, 0.3) is 0 Å². The van der Waals surface area contributed by atoms with Crippen molar-refractivity contribution in [3.8, 4) is 0 Å². The van der Waals surface area contributed by atoms with Crippen LogP contribution in [0.15, 0.2) is 24.3 Å². The zero-order chi connectivity index (χ0) is 27.0. The molecule has 7 heteroatoms. The van der Waals surface area contributed by atoms with Crippen molar-refractivity contribution in [3.05, 3.63) is 24.3 Å². The number of carbonyl (C=O) groups is 2. The first-order chi connectivity index (χ1) is 17.8. The Bertz CT molecular complexity index is 713. The SMILES string of the molecule is CCCC[C@H](C)C[C@H](O)/C=C/[C@@H]1[C@@H](C/C=C\CCCC(=O)OC)[C@@H](OC(C)=O)C[C@H]1OC1CCCCO1. The van der Waals surface area contributed by atoms with Crippen LogP contribution in [0.5, 0.6) is 0 Å². The van der Waals surface area contributed by atoms with Gasteiger partial charge in [-0.15, -0.1) is 0 Å². The van der Waals surface area contributed by atoms with Crippen LogP contribution in [0.2, 0.25) is 0 Å². The predicted molar refractivity (Wildman–Crippen MR) is 144 cm³/mol. The highest BCUT2D eigenvalue weighted by Crippen LogP contribution is 2.41. The monoisotopic (exact) mass is 522 g/mol. The summed E-state index contributed by atoms with van der Waals surface area (Å²) in [6.07, 6.45) is 17.5. The van der Waals surface area contributed by atoms with E-state index < -0.39 is 6.10 Å². The zero-order valence-corrected chi connectivity index (χ0v) is 23.4. The molecule has 2 rings (SSSR count). The Hall–Kier alpha value is -1.70. The Kier molecular flexibility index (Phi) is 15.1. The van der Waals surface area contributed by atoms with Crippen LogP contribution < -0.4 is 0 Å². The van der Waals surface area contributed by atoms with Gasteiger partial charge < -0.3 is 24.1 Å². The first-order valence-electron chi connectivity index (χ1n) is 14.4. The molecular weight excluding hydrogens is 472 g/mol. The zero-order valence-electron chi connectivity index (χ0n) is 23.4. The molecule has 1 N–H and O–H groups in total. The number of unbranched alkanes of at least 4 members (excludes halogenated alkanes) is 2.